The van der Waals surface area contributed by atoms with Crippen molar-refractivity contribution in [2.24, 2.45) is 5.73 Å². The number of rotatable bonds is 4. The summed E-state index contributed by atoms with van der Waals surface area (Å²) >= 11 is 3.45. The Morgan fingerprint density at radius 3 is 2.61 bits per heavy atom. The molecule has 0 heterocycles. The molecule has 3 nitrogen and oxygen atoms in total. The molecule has 5 heteroatoms. The summed E-state index contributed by atoms with van der Waals surface area (Å²) in [6.45, 7) is 6.44. The molecule has 0 aliphatic carbocycles. The van der Waals surface area contributed by atoms with Crippen molar-refractivity contribution >= 4 is 34.2 Å². The first kappa shape index (κ1) is 17.4. The normalized spacial score (nSPS) is 12.5. The van der Waals surface area contributed by atoms with Gasteiger partial charge in [0.1, 0.15) is 0 Å². The second kappa shape index (κ2) is 7.12. The van der Waals surface area contributed by atoms with Crippen LogP contribution in [0.15, 0.2) is 28.7 Å². The molecule has 0 bridgehead atoms. The lowest BCUT2D eigenvalue weighted by molar-refractivity contribution is -0.122. The van der Waals surface area contributed by atoms with Crippen molar-refractivity contribution in [1.82, 2.24) is 5.32 Å². The Morgan fingerprint density at radius 1 is 1.50 bits per heavy atom. The van der Waals surface area contributed by atoms with Crippen LogP contribution < -0.4 is 11.1 Å². The largest absolute Gasteiger partial charge is 0.354 e. The Morgan fingerprint density at radius 2 is 2.11 bits per heavy atom. The van der Waals surface area contributed by atoms with E-state index in [-0.39, 0.29) is 23.7 Å². The van der Waals surface area contributed by atoms with E-state index in [4.69, 9.17) is 5.73 Å². The fraction of sp³-hybridized carbons (Fsp3) is 0.462. The predicted octanol–water partition coefficient (Wildman–Crippen LogP) is 2.61. The molecule has 18 heavy (non-hydrogen) atoms. The van der Waals surface area contributed by atoms with Gasteiger partial charge in [-0.15, -0.1) is 12.4 Å². The van der Waals surface area contributed by atoms with Gasteiger partial charge in [0.2, 0.25) is 5.91 Å². The number of nitrogens with one attached hydrogen (secondary N) is 1. The van der Waals surface area contributed by atoms with E-state index in [1.165, 1.54) is 5.56 Å². The number of carbonyl (C=O) groups is 1. The number of amides is 1. The third-order valence-corrected chi connectivity index (χ3v) is 3.22. The van der Waals surface area contributed by atoms with Gasteiger partial charge in [0.25, 0.3) is 0 Å². The van der Waals surface area contributed by atoms with Crippen molar-refractivity contribution < 1.29 is 4.79 Å². The zero-order chi connectivity index (χ0) is 13.1. The van der Waals surface area contributed by atoms with E-state index in [0.29, 0.717) is 6.54 Å². The van der Waals surface area contributed by atoms with Crippen molar-refractivity contribution in [1.29, 1.82) is 0 Å². The number of halogens is 2. The number of hydrogen-bond donors (Lipinski definition) is 2. The monoisotopic (exact) mass is 334 g/mol. The molecule has 0 saturated heterocycles. The number of carbonyl (C=O) groups excluding carboxylic acids is 1. The third kappa shape index (κ3) is 4.96. The van der Waals surface area contributed by atoms with Crippen molar-refractivity contribution in [2.75, 3.05) is 6.54 Å². The van der Waals surface area contributed by atoms with Crippen LogP contribution in [0.4, 0.5) is 0 Å². The molecule has 0 radical (unpaired) electrons. The summed E-state index contributed by atoms with van der Waals surface area (Å²) in [5.41, 5.74) is 6.57. The highest BCUT2D eigenvalue weighted by Gasteiger charge is 2.22. The Hall–Kier alpha value is -0.580. The van der Waals surface area contributed by atoms with Gasteiger partial charge in [-0.2, -0.15) is 0 Å². The first-order valence-corrected chi connectivity index (χ1v) is 6.41. The van der Waals surface area contributed by atoms with Gasteiger partial charge in [0.15, 0.2) is 0 Å². The van der Waals surface area contributed by atoms with Crippen LogP contribution >= 0.6 is 28.3 Å². The highest BCUT2D eigenvalue weighted by atomic mass is 79.9. The van der Waals surface area contributed by atoms with Gasteiger partial charge < -0.3 is 11.1 Å². The van der Waals surface area contributed by atoms with Gasteiger partial charge in [0.05, 0.1) is 6.04 Å². The SMILES string of the molecule is C[C@@H](N)C(=O)NCC(C)(C)c1cccc(Br)c1.Cl. The fourth-order valence-electron chi connectivity index (χ4n) is 1.48. The lowest BCUT2D eigenvalue weighted by Crippen LogP contribution is -2.43. The number of benzene rings is 1. The minimum Gasteiger partial charge on any atom is -0.354 e. The van der Waals surface area contributed by atoms with Gasteiger partial charge in [-0.25, -0.2) is 0 Å². The van der Waals surface area contributed by atoms with Crippen molar-refractivity contribution in [3.8, 4) is 0 Å². The molecule has 0 unspecified atom stereocenters. The molecule has 0 saturated carbocycles. The number of nitrogens with two attached hydrogens (primary N) is 1. The second-order valence-electron chi connectivity index (χ2n) is 4.90. The standard InChI is InChI=1S/C13H19BrN2O.ClH/c1-9(15)12(17)16-8-13(2,3)10-5-4-6-11(14)7-10;/h4-7,9H,8,15H2,1-3H3,(H,16,17);1H/t9-;/m1./s1. The molecule has 0 aromatic heterocycles. The molecular weight excluding hydrogens is 316 g/mol. The molecule has 0 spiro atoms. The molecule has 1 aromatic rings. The van der Waals surface area contributed by atoms with Crippen LogP contribution in [-0.4, -0.2) is 18.5 Å². The lowest BCUT2D eigenvalue weighted by atomic mass is 9.84. The van der Waals surface area contributed by atoms with Crippen LogP contribution in [0.1, 0.15) is 26.3 Å². The van der Waals surface area contributed by atoms with E-state index in [0.717, 1.165) is 4.47 Å². The Kier molecular flexibility index (Phi) is 6.89. The van der Waals surface area contributed by atoms with E-state index in [1.807, 2.05) is 12.1 Å². The van der Waals surface area contributed by atoms with Crippen LogP contribution in [-0.2, 0) is 10.2 Å². The van der Waals surface area contributed by atoms with Crippen LogP contribution in [0.5, 0.6) is 0 Å². The van der Waals surface area contributed by atoms with Crippen molar-refractivity contribution in [3.05, 3.63) is 34.3 Å². The summed E-state index contributed by atoms with van der Waals surface area (Å²) in [5, 5.41) is 2.86. The molecule has 0 fully saturated rings. The smallest absolute Gasteiger partial charge is 0.236 e. The molecule has 1 aromatic carbocycles. The van der Waals surface area contributed by atoms with Crippen LogP contribution in [0, 0.1) is 0 Å². The molecule has 1 amide bonds. The van der Waals surface area contributed by atoms with E-state index < -0.39 is 6.04 Å². The van der Waals surface area contributed by atoms with Gasteiger partial charge in [-0.1, -0.05) is 41.9 Å². The minimum atomic E-state index is -0.465. The summed E-state index contributed by atoms with van der Waals surface area (Å²) in [7, 11) is 0. The zero-order valence-corrected chi connectivity index (χ0v) is 13.3. The van der Waals surface area contributed by atoms with Gasteiger partial charge in [-0.05, 0) is 24.6 Å². The average molecular weight is 336 g/mol. The molecule has 1 atom stereocenters. The third-order valence-electron chi connectivity index (χ3n) is 2.72. The first-order valence-electron chi connectivity index (χ1n) is 5.62. The predicted molar refractivity (Wildman–Crippen MR) is 81.1 cm³/mol. The molecule has 102 valence electrons. The van der Waals surface area contributed by atoms with E-state index in [2.05, 4.69) is 47.2 Å². The maximum absolute atomic E-state index is 11.4. The van der Waals surface area contributed by atoms with Crippen molar-refractivity contribution in [3.63, 3.8) is 0 Å². The highest BCUT2D eigenvalue weighted by Crippen LogP contribution is 2.24. The maximum atomic E-state index is 11.4. The van der Waals surface area contributed by atoms with Gasteiger partial charge in [-0.3, -0.25) is 4.79 Å². The maximum Gasteiger partial charge on any atom is 0.236 e. The van der Waals surface area contributed by atoms with Crippen LogP contribution in [0.2, 0.25) is 0 Å². The molecule has 0 aliphatic rings. The summed E-state index contributed by atoms with van der Waals surface area (Å²) in [6.07, 6.45) is 0. The van der Waals surface area contributed by atoms with Gasteiger partial charge >= 0.3 is 0 Å². The Labute approximate surface area is 123 Å². The first-order chi connectivity index (χ1) is 7.83. The van der Waals surface area contributed by atoms with Gasteiger partial charge in [0, 0.05) is 16.4 Å². The van der Waals surface area contributed by atoms with Crippen molar-refractivity contribution in [2.45, 2.75) is 32.2 Å². The Balaban J connectivity index is 0.00000289. The summed E-state index contributed by atoms with van der Waals surface area (Å²) in [6, 6.07) is 7.64. The second-order valence-corrected chi connectivity index (χ2v) is 5.82. The topological polar surface area (TPSA) is 55.1 Å². The quantitative estimate of drug-likeness (QED) is 0.888. The summed E-state index contributed by atoms with van der Waals surface area (Å²) < 4.78 is 1.04. The zero-order valence-electron chi connectivity index (χ0n) is 10.9. The molecule has 3 N–H and O–H groups in total. The van der Waals surface area contributed by atoms with E-state index in [1.54, 1.807) is 6.92 Å². The number of hydrogen-bond acceptors (Lipinski definition) is 2. The molecule has 0 aliphatic heterocycles. The Bertz CT molecular complexity index is 408. The van der Waals surface area contributed by atoms with Crippen LogP contribution in [0.25, 0.3) is 0 Å². The minimum absolute atomic E-state index is 0. The molecular formula is C13H20BrClN2O. The average Bonchev–Trinajstić information content (AvgIpc) is 2.26. The fourth-order valence-corrected chi connectivity index (χ4v) is 1.88. The summed E-state index contributed by atoms with van der Waals surface area (Å²) in [4.78, 5) is 11.4. The van der Waals surface area contributed by atoms with E-state index >= 15 is 0 Å². The van der Waals surface area contributed by atoms with E-state index in [9.17, 15) is 4.79 Å². The lowest BCUT2D eigenvalue weighted by Gasteiger charge is -2.26. The summed E-state index contributed by atoms with van der Waals surface area (Å²) in [5.74, 6) is -0.118. The van der Waals surface area contributed by atoms with Crippen LogP contribution in [0.3, 0.4) is 0 Å². The highest BCUT2D eigenvalue weighted by molar-refractivity contribution is 9.10. The molecule has 1 rings (SSSR count).